The van der Waals surface area contributed by atoms with Crippen LogP contribution < -0.4 is 10.1 Å². The van der Waals surface area contributed by atoms with E-state index in [0.717, 1.165) is 30.4 Å². The van der Waals surface area contributed by atoms with Gasteiger partial charge in [-0.3, -0.25) is 19.7 Å². The second-order valence-electron chi connectivity index (χ2n) is 9.03. The minimum atomic E-state index is -1.69. The van der Waals surface area contributed by atoms with Crippen molar-refractivity contribution in [2.75, 3.05) is 31.3 Å². The average molecular weight is 590 g/mol. The number of nitrogens with one attached hydrogen (secondary N) is 1. The Balaban J connectivity index is 1.72. The Bertz CT molecular complexity index is 1010. The lowest BCUT2D eigenvalue weighted by Gasteiger charge is -2.40. The number of hydrogen-bond acceptors (Lipinski definition) is 12. The zero-order valence-corrected chi connectivity index (χ0v) is 23.3. The van der Waals surface area contributed by atoms with Gasteiger partial charge in [0.25, 0.3) is 17.5 Å². The van der Waals surface area contributed by atoms with Gasteiger partial charge >= 0.3 is 0 Å². The van der Waals surface area contributed by atoms with Crippen molar-refractivity contribution in [3.8, 4) is 5.75 Å². The molecule has 1 aromatic carbocycles. The van der Waals surface area contributed by atoms with Crippen molar-refractivity contribution in [1.82, 2.24) is 10.2 Å². The summed E-state index contributed by atoms with van der Waals surface area (Å²) in [5.41, 5.74) is -0.514. The molecule has 13 nitrogen and oxygen atoms in total. The first-order chi connectivity index (χ1) is 18.6. The first kappa shape index (κ1) is 31.4. The van der Waals surface area contributed by atoms with Gasteiger partial charge in [0, 0.05) is 12.6 Å². The number of rotatable bonds is 12. The molecular weight excluding hydrogens is 554 g/mol. The lowest BCUT2D eigenvalue weighted by Crippen LogP contribution is -2.64. The van der Waals surface area contributed by atoms with Gasteiger partial charge in [0.1, 0.15) is 35.7 Å². The third-order valence-electron chi connectivity index (χ3n) is 6.53. The molecule has 5 N–H and O–H groups in total. The zero-order chi connectivity index (χ0) is 28.7. The number of carbonyl (C=O) groups is 2. The van der Waals surface area contributed by atoms with Crippen molar-refractivity contribution in [1.29, 1.82) is 0 Å². The van der Waals surface area contributed by atoms with E-state index in [1.54, 1.807) is 28.4 Å². The van der Waals surface area contributed by atoms with Gasteiger partial charge in [-0.15, -0.1) is 23.5 Å². The Morgan fingerprint density at radius 3 is 2.54 bits per heavy atom. The number of thioether (sulfide) groups is 2. The topological polar surface area (TPSA) is 192 Å². The fraction of sp³-hybridized carbons (Fsp3) is 0.667. The Kier molecular flexibility index (Phi) is 11.7. The summed E-state index contributed by atoms with van der Waals surface area (Å²) in [5, 5.41) is 53.4. The second-order valence-corrected chi connectivity index (χ2v) is 12.2. The largest absolute Gasteiger partial charge is 0.484 e. The molecule has 39 heavy (non-hydrogen) atoms. The third kappa shape index (κ3) is 7.54. The Morgan fingerprint density at radius 2 is 1.92 bits per heavy atom. The third-order valence-corrected chi connectivity index (χ3v) is 9.30. The van der Waals surface area contributed by atoms with Crippen molar-refractivity contribution < 1.29 is 44.4 Å². The van der Waals surface area contributed by atoms with Crippen LogP contribution >= 0.6 is 23.5 Å². The van der Waals surface area contributed by atoms with Crippen LogP contribution in [0.25, 0.3) is 0 Å². The lowest BCUT2D eigenvalue weighted by molar-refractivity contribution is -0.385. The highest BCUT2D eigenvalue weighted by Gasteiger charge is 2.44. The molecule has 6 atom stereocenters. The molecule has 218 valence electrons. The summed E-state index contributed by atoms with van der Waals surface area (Å²) in [7, 11) is 0. The molecule has 0 radical (unpaired) electrons. The summed E-state index contributed by atoms with van der Waals surface area (Å²) >= 11 is 3.50. The maximum absolute atomic E-state index is 13.6. The van der Waals surface area contributed by atoms with Gasteiger partial charge in [-0.2, -0.15) is 0 Å². The van der Waals surface area contributed by atoms with Gasteiger partial charge in [0.05, 0.1) is 22.2 Å². The van der Waals surface area contributed by atoms with Crippen LogP contribution in [0.1, 0.15) is 37.0 Å². The number of likely N-dealkylation sites (tertiary alicyclic amines) is 1. The summed E-state index contributed by atoms with van der Waals surface area (Å²) in [6.45, 7) is 3.32. The molecule has 0 bridgehead atoms. The van der Waals surface area contributed by atoms with Gasteiger partial charge < -0.3 is 40.1 Å². The van der Waals surface area contributed by atoms with Crippen LogP contribution in [0.4, 0.5) is 5.69 Å². The van der Waals surface area contributed by atoms with Crippen molar-refractivity contribution in [2.24, 2.45) is 0 Å². The van der Waals surface area contributed by atoms with E-state index in [1.807, 2.05) is 13.8 Å². The molecule has 0 saturated carbocycles. The molecule has 1 unspecified atom stereocenters. The lowest BCUT2D eigenvalue weighted by atomic mass is 9.97. The number of ether oxygens (including phenoxy) is 2. The highest BCUT2D eigenvalue weighted by atomic mass is 32.2. The quantitative estimate of drug-likeness (QED) is 0.128. The van der Waals surface area contributed by atoms with Crippen molar-refractivity contribution >= 4 is 41.0 Å². The summed E-state index contributed by atoms with van der Waals surface area (Å²) < 4.78 is 10.6. The van der Waals surface area contributed by atoms with Crippen LogP contribution in [-0.4, -0.2) is 115 Å². The van der Waals surface area contributed by atoms with E-state index in [0.29, 0.717) is 6.54 Å². The van der Waals surface area contributed by atoms with E-state index in [-0.39, 0.29) is 27.6 Å². The smallest absolute Gasteiger partial charge is 0.282 e. The van der Waals surface area contributed by atoms with E-state index in [1.165, 1.54) is 12.1 Å². The number of nitro benzene ring substituents is 1. The number of carbonyl (C=O) groups excluding carboxylic acids is 2. The summed E-state index contributed by atoms with van der Waals surface area (Å²) in [5.74, 6) is 0.528. The monoisotopic (exact) mass is 589 g/mol. The minimum Gasteiger partial charge on any atom is -0.484 e. The first-order valence-corrected chi connectivity index (χ1v) is 14.8. The normalized spacial score (nSPS) is 27.0. The molecule has 2 amide bonds. The number of aliphatic hydroxyl groups is 4. The van der Waals surface area contributed by atoms with E-state index < -0.39 is 60.6 Å². The predicted molar refractivity (Wildman–Crippen MR) is 145 cm³/mol. The molecule has 0 aliphatic carbocycles. The standard InChI is InChI=1S/C24H35N3O10S2/c1-3-38-24(39-4-2)16-6-5-9-26(16)22(32)14-10-13(7-8-15(14)27(34)35)36-12-18(29)25-19-21(31)20(30)17(11-28)37-23(19)33/h7-8,10,16-17,19-21,23-24,28,30-31,33H,3-6,9,11-12H2,1-2H3,(H,25,29)/t16-,17+,19+,20+,21+,23?/m0/s1. The van der Waals surface area contributed by atoms with E-state index in [9.17, 15) is 35.0 Å². The van der Waals surface area contributed by atoms with Crippen molar-refractivity contribution in [3.63, 3.8) is 0 Å². The molecule has 0 spiro atoms. The molecule has 3 rings (SSSR count). The maximum atomic E-state index is 13.6. The molecule has 2 fully saturated rings. The van der Waals surface area contributed by atoms with Gasteiger partial charge in [0.15, 0.2) is 12.9 Å². The summed E-state index contributed by atoms with van der Waals surface area (Å²) in [6, 6.07) is 2.20. The summed E-state index contributed by atoms with van der Waals surface area (Å²) in [6.07, 6.45) is -4.48. The molecule has 15 heteroatoms. The molecule has 2 heterocycles. The number of nitro groups is 1. The number of hydrogen-bond donors (Lipinski definition) is 5. The molecular formula is C24H35N3O10S2. The zero-order valence-electron chi connectivity index (χ0n) is 21.7. The molecule has 2 aliphatic heterocycles. The second kappa shape index (κ2) is 14.5. The number of amides is 2. The number of benzene rings is 1. The average Bonchev–Trinajstić information content (AvgIpc) is 3.41. The molecule has 1 aromatic rings. The van der Waals surface area contributed by atoms with Gasteiger partial charge in [0.2, 0.25) is 0 Å². The first-order valence-electron chi connectivity index (χ1n) is 12.7. The number of nitrogens with zero attached hydrogens (tertiary/aromatic N) is 2. The maximum Gasteiger partial charge on any atom is 0.282 e. The van der Waals surface area contributed by atoms with Gasteiger partial charge in [-0.25, -0.2) is 0 Å². The number of aliphatic hydroxyl groups excluding tert-OH is 4. The Labute approximate surface area is 234 Å². The van der Waals surface area contributed by atoms with Crippen LogP contribution in [-0.2, 0) is 9.53 Å². The van der Waals surface area contributed by atoms with Gasteiger partial charge in [-0.1, -0.05) is 13.8 Å². The SMILES string of the molecule is CCSC(SCC)[C@@H]1CCCN1C(=O)c1cc(OCC(=O)N[C@H]2C(O)O[C@H](CO)[C@@H](O)[C@@H]2O)ccc1[N+](=O)[O-]. The van der Waals surface area contributed by atoms with Crippen molar-refractivity contribution in [3.05, 3.63) is 33.9 Å². The van der Waals surface area contributed by atoms with Crippen LogP contribution in [0.15, 0.2) is 18.2 Å². The fourth-order valence-corrected chi connectivity index (χ4v) is 7.51. The molecule has 0 aromatic heterocycles. The highest BCUT2D eigenvalue weighted by molar-refractivity contribution is 8.17. The fourth-order valence-electron chi connectivity index (χ4n) is 4.65. The van der Waals surface area contributed by atoms with E-state index >= 15 is 0 Å². The highest BCUT2D eigenvalue weighted by Crippen LogP contribution is 2.37. The van der Waals surface area contributed by atoms with Crippen LogP contribution in [0.2, 0.25) is 0 Å². The minimum absolute atomic E-state index is 0.0404. The summed E-state index contributed by atoms with van der Waals surface area (Å²) in [4.78, 5) is 38.8. The van der Waals surface area contributed by atoms with E-state index in [2.05, 4.69) is 5.32 Å². The van der Waals surface area contributed by atoms with Crippen molar-refractivity contribution in [2.45, 2.75) is 68.0 Å². The van der Waals surface area contributed by atoms with Crippen LogP contribution in [0.3, 0.4) is 0 Å². The van der Waals surface area contributed by atoms with Gasteiger partial charge in [-0.05, 0) is 36.5 Å². The van der Waals surface area contributed by atoms with Crippen LogP contribution in [0, 0.1) is 10.1 Å². The Hall–Kier alpha value is -2.14. The van der Waals surface area contributed by atoms with Crippen LogP contribution in [0.5, 0.6) is 5.75 Å². The molecule has 2 saturated heterocycles. The molecule has 2 aliphatic rings. The predicted octanol–water partition coefficient (Wildman–Crippen LogP) is 0.327. The Morgan fingerprint density at radius 1 is 1.23 bits per heavy atom. The van der Waals surface area contributed by atoms with E-state index in [4.69, 9.17) is 14.6 Å².